The van der Waals surface area contributed by atoms with Gasteiger partial charge in [0, 0.05) is 0 Å². The minimum Gasteiger partial charge on any atom is -0.469 e. The molecule has 1 aromatic rings. The Morgan fingerprint density at radius 3 is 2.79 bits per heavy atom. The Morgan fingerprint density at radius 2 is 2.14 bits per heavy atom. The third-order valence-electron chi connectivity index (χ3n) is 2.77. The second-order valence-electron chi connectivity index (χ2n) is 3.82. The summed E-state index contributed by atoms with van der Waals surface area (Å²) in [5, 5.41) is 0. The molecule has 1 aliphatic carbocycles. The lowest BCUT2D eigenvalue weighted by molar-refractivity contribution is -0.142. The van der Waals surface area contributed by atoms with Crippen LogP contribution in [0.3, 0.4) is 0 Å². The van der Waals surface area contributed by atoms with Crippen LogP contribution < -0.4 is 0 Å². The van der Waals surface area contributed by atoms with Gasteiger partial charge in [0.25, 0.3) is 0 Å². The van der Waals surface area contributed by atoms with E-state index in [9.17, 15) is 4.79 Å². The summed E-state index contributed by atoms with van der Waals surface area (Å²) < 4.78 is 4.70. The third kappa shape index (κ3) is 1.95. The zero-order chi connectivity index (χ0) is 9.97. The lowest BCUT2D eigenvalue weighted by Gasteiger charge is -1.99. The van der Waals surface area contributed by atoms with Crippen molar-refractivity contribution in [2.75, 3.05) is 7.11 Å². The van der Waals surface area contributed by atoms with Gasteiger partial charge in [0.2, 0.25) is 0 Å². The monoisotopic (exact) mass is 190 g/mol. The molecule has 2 heteroatoms. The summed E-state index contributed by atoms with van der Waals surface area (Å²) in [6.07, 6.45) is 1.99. The molecule has 0 heterocycles. The van der Waals surface area contributed by atoms with Crippen molar-refractivity contribution < 1.29 is 9.53 Å². The Balaban J connectivity index is 1.88. The Labute approximate surface area is 83.9 Å². The highest BCUT2D eigenvalue weighted by molar-refractivity contribution is 5.75. The van der Waals surface area contributed by atoms with E-state index in [0.717, 1.165) is 12.8 Å². The number of hydrogen-bond donors (Lipinski definition) is 0. The third-order valence-corrected chi connectivity index (χ3v) is 2.77. The highest BCUT2D eigenvalue weighted by Crippen LogP contribution is 2.41. The minimum atomic E-state index is -0.0501. The first-order chi connectivity index (χ1) is 6.81. The molecule has 0 spiro atoms. The van der Waals surface area contributed by atoms with Crippen LogP contribution in [0.4, 0.5) is 0 Å². The molecule has 2 nitrogen and oxygen atoms in total. The summed E-state index contributed by atoms with van der Waals surface area (Å²) in [6, 6.07) is 10.3. The Morgan fingerprint density at radius 1 is 1.43 bits per heavy atom. The summed E-state index contributed by atoms with van der Waals surface area (Å²) >= 11 is 0. The first-order valence-corrected chi connectivity index (χ1v) is 4.93. The fraction of sp³-hybridized carbons (Fsp3) is 0.417. The van der Waals surface area contributed by atoms with Crippen molar-refractivity contribution in [1.29, 1.82) is 0 Å². The molecule has 0 aromatic heterocycles. The number of ether oxygens (including phenoxy) is 1. The lowest BCUT2D eigenvalue weighted by Crippen LogP contribution is -2.05. The van der Waals surface area contributed by atoms with Crippen LogP contribution in [0.25, 0.3) is 0 Å². The first kappa shape index (κ1) is 9.25. The van der Waals surface area contributed by atoms with Gasteiger partial charge in [0.1, 0.15) is 0 Å². The molecule has 0 aliphatic heterocycles. The van der Waals surface area contributed by atoms with Crippen LogP contribution in [-0.2, 0) is 16.0 Å². The molecular formula is C12H14O2. The Hall–Kier alpha value is -1.31. The fourth-order valence-corrected chi connectivity index (χ4v) is 1.83. The van der Waals surface area contributed by atoms with E-state index < -0.39 is 0 Å². The number of benzene rings is 1. The SMILES string of the molecule is COC(=O)[C@@H]1C[C@H]1Cc1ccccc1. The number of esters is 1. The predicted molar refractivity (Wildman–Crippen MR) is 53.8 cm³/mol. The summed E-state index contributed by atoms with van der Waals surface area (Å²) in [5.41, 5.74) is 1.31. The van der Waals surface area contributed by atoms with Gasteiger partial charge >= 0.3 is 5.97 Å². The molecular weight excluding hydrogens is 176 g/mol. The zero-order valence-corrected chi connectivity index (χ0v) is 8.27. The summed E-state index contributed by atoms with van der Waals surface area (Å²) in [4.78, 5) is 11.2. The topological polar surface area (TPSA) is 26.3 Å². The second kappa shape index (κ2) is 3.82. The van der Waals surface area contributed by atoms with Crippen LogP contribution in [0.1, 0.15) is 12.0 Å². The molecule has 1 saturated carbocycles. The molecule has 1 fully saturated rings. The van der Waals surface area contributed by atoms with Gasteiger partial charge in [-0.2, -0.15) is 0 Å². The highest BCUT2D eigenvalue weighted by Gasteiger charge is 2.43. The quantitative estimate of drug-likeness (QED) is 0.682. The van der Waals surface area contributed by atoms with E-state index in [1.165, 1.54) is 12.7 Å². The van der Waals surface area contributed by atoms with Gasteiger partial charge in [-0.15, -0.1) is 0 Å². The normalized spacial score (nSPS) is 24.4. The molecule has 1 aliphatic rings. The molecule has 0 unspecified atom stereocenters. The van der Waals surface area contributed by atoms with E-state index in [1.54, 1.807) is 0 Å². The number of carbonyl (C=O) groups excluding carboxylic acids is 1. The molecule has 0 saturated heterocycles. The lowest BCUT2D eigenvalue weighted by atomic mass is 10.1. The molecule has 0 bridgehead atoms. The molecule has 2 rings (SSSR count). The molecule has 0 radical (unpaired) electrons. The van der Waals surface area contributed by atoms with E-state index in [-0.39, 0.29) is 11.9 Å². The van der Waals surface area contributed by atoms with Crippen LogP contribution in [0.15, 0.2) is 30.3 Å². The van der Waals surface area contributed by atoms with E-state index in [0.29, 0.717) is 5.92 Å². The molecule has 0 amide bonds. The largest absolute Gasteiger partial charge is 0.469 e. The van der Waals surface area contributed by atoms with Crippen molar-refractivity contribution in [2.45, 2.75) is 12.8 Å². The van der Waals surface area contributed by atoms with Crippen LogP contribution in [-0.4, -0.2) is 13.1 Å². The van der Waals surface area contributed by atoms with E-state index in [4.69, 9.17) is 4.74 Å². The molecule has 2 atom stereocenters. The molecule has 1 aromatic carbocycles. The van der Waals surface area contributed by atoms with Crippen molar-refractivity contribution in [2.24, 2.45) is 11.8 Å². The maximum atomic E-state index is 11.2. The number of methoxy groups -OCH3 is 1. The number of carbonyl (C=O) groups is 1. The maximum absolute atomic E-state index is 11.2. The number of hydrogen-bond acceptors (Lipinski definition) is 2. The number of rotatable bonds is 3. The van der Waals surface area contributed by atoms with Gasteiger partial charge in [-0.1, -0.05) is 30.3 Å². The van der Waals surface area contributed by atoms with Crippen LogP contribution in [0, 0.1) is 11.8 Å². The van der Waals surface area contributed by atoms with Gasteiger partial charge in [0.15, 0.2) is 0 Å². The van der Waals surface area contributed by atoms with Crippen molar-refractivity contribution >= 4 is 5.97 Å². The smallest absolute Gasteiger partial charge is 0.308 e. The van der Waals surface area contributed by atoms with Crippen molar-refractivity contribution in [3.8, 4) is 0 Å². The molecule has 0 N–H and O–H groups in total. The maximum Gasteiger partial charge on any atom is 0.308 e. The first-order valence-electron chi connectivity index (χ1n) is 4.93. The van der Waals surface area contributed by atoms with Crippen LogP contribution in [0.5, 0.6) is 0 Å². The van der Waals surface area contributed by atoms with Crippen molar-refractivity contribution in [3.05, 3.63) is 35.9 Å². The van der Waals surface area contributed by atoms with Gasteiger partial charge in [0.05, 0.1) is 13.0 Å². The van der Waals surface area contributed by atoms with Gasteiger partial charge in [-0.3, -0.25) is 4.79 Å². The van der Waals surface area contributed by atoms with Crippen LogP contribution >= 0.6 is 0 Å². The van der Waals surface area contributed by atoms with E-state index in [2.05, 4.69) is 12.1 Å². The van der Waals surface area contributed by atoms with Gasteiger partial charge in [-0.25, -0.2) is 0 Å². The highest BCUT2D eigenvalue weighted by atomic mass is 16.5. The standard InChI is InChI=1S/C12H14O2/c1-14-12(13)11-8-10(11)7-9-5-3-2-4-6-9/h2-6,10-11H,7-8H2,1H3/t10-,11-/m1/s1. The molecule has 74 valence electrons. The summed E-state index contributed by atoms with van der Waals surface area (Å²) in [6.45, 7) is 0. The average Bonchev–Trinajstić information content (AvgIpc) is 2.98. The predicted octanol–water partition coefficient (Wildman–Crippen LogP) is 2.04. The van der Waals surface area contributed by atoms with Crippen molar-refractivity contribution in [1.82, 2.24) is 0 Å². The van der Waals surface area contributed by atoms with Gasteiger partial charge in [-0.05, 0) is 24.3 Å². The van der Waals surface area contributed by atoms with E-state index in [1.807, 2.05) is 18.2 Å². The molecule has 14 heavy (non-hydrogen) atoms. The summed E-state index contributed by atoms with van der Waals surface area (Å²) in [5.74, 6) is 0.607. The van der Waals surface area contributed by atoms with Crippen molar-refractivity contribution in [3.63, 3.8) is 0 Å². The zero-order valence-electron chi connectivity index (χ0n) is 8.27. The van der Waals surface area contributed by atoms with Crippen LogP contribution in [0.2, 0.25) is 0 Å². The average molecular weight is 190 g/mol. The Kier molecular flexibility index (Phi) is 2.53. The van der Waals surface area contributed by atoms with Gasteiger partial charge < -0.3 is 4.74 Å². The minimum absolute atomic E-state index is 0.0501. The second-order valence-corrected chi connectivity index (χ2v) is 3.82. The van der Waals surface area contributed by atoms with E-state index >= 15 is 0 Å². The fourth-order valence-electron chi connectivity index (χ4n) is 1.83. The Bertz CT molecular complexity index is 318. The summed E-state index contributed by atoms with van der Waals surface area (Å²) in [7, 11) is 1.46.